The Balaban J connectivity index is 2.28. The number of fused-ring (bicyclic) bond motifs is 5. The number of hydrogen-bond acceptors (Lipinski definition) is 4. The second kappa shape index (κ2) is 3.70. The Morgan fingerprint density at radius 1 is 1.22 bits per heavy atom. The first-order valence-electron chi connectivity index (χ1n) is 5.56. The molecule has 3 nitrogen and oxygen atoms in total. The molecule has 0 spiro atoms. The van der Waals surface area contributed by atoms with E-state index in [4.69, 9.17) is 0 Å². The number of aromatic amines is 1. The first kappa shape index (κ1) is 10.3. The van der Waals surface area contributed by atoms with Crippen LogP contribution in [0.4, 0.5) is 0 Å². The monoisotopic (exact) mass is 271 g/mol. The van der Waals surface area contributed by atoms with Gasteiger partial charge in [-0.3, -0.25) is 0 Å². The summed E-state index contributed by atoms with van der Waals surface area (Å²) in [6.07, 6.45) is 5.89. The van der Waals surface area contributed by atoms with Crippen molar-refractivity contribution in [2.24, 2.45) is 0 Å². The van der Waals surface area contributed by atoms with Crippen LogP contribution in [0.25, 0.3) is 31.2 Å². The number of nitrogens with zero attached hydrogens (tertiary/aromatic N) is 2. The number of thiophene rings is 1. The van der Waals surface area contributed by atoms with Crippen molar-refractivity contribution >= 4 is 54.3 Å². The van der Waals surface area contributed by atoms with Crippen LogP contribution in [-0.2, 0) is 0 Å². The Bertz CT molecular complexity index is 876. The number of pyridine rings is 1. The number of thioether (sulfide) groups is 1. The summed E-state index contributed by atoms with van der Waals surface area (Å²) < 4.78 is 1.16. The highest BCUT2D eigenvalue weighted by atomic mass is 32.2. The zero-order chi connectivity index (χ0) is 12.1. The molecule has 3 heterocycles. The van der Waals surface area contributed by atoms with E-state index in [1.165, 1.54) is 16.2 Å². The van der Waals surface area contributed by atoms with E-state index in [1.54, 1.807) is 23.1 Å². The molecule has 1 aromatic carbocycles. The summed E-state index contributed by atoms with van der Waals surface area (Å²) in [6, 6.07) is 6.33. The van der Waals surface area contributed by atoms with E-state index in [1.807, 2.05) is 18.6 Å². The zero-order valence-electron chi connectivity index (χ0n) is 9.60. The molecule has 0 aliphatic carbocycles. The smallest absolute Gasteiger partial charge is 0.165 e. The number of H-pyrrole nitrogens is 1. The summed E-state index contributed by atoms with van der Waals surface area (Å²) >= 11 is 3.31. The van der Waals surface area contributed by atoms with Crippen LogP contribution in [0.5, 0.6) is 0 Å². The van der Waals surface area contributed by atoms with Crippen molar-refractivity contribution in [1.82, 2.24) is 15.0 Å². The molecule has 88 valence electrons. The van der Waals surface area contributed by atoms with Gasteiger partial charge in [-0.05, 0) is 11.6 Å². The van der Waals surface area contributed by atoms with E-state index in [-0.39, 0.29) is 0 Å². The summed E-state index contributed by atoms with van der Waals surface area (Å²) in [7, 11) is 0. The third kappa shape index (κ3) is 1.31. The van der Waals surface area contributed by atoms with Gasteiger partial charge in [0.1, 0.15) is 4.83 Å². The van der Waals surface area contributed by atoms with Gasteiger partial charge < -0.3 is 4.98 Å². The minimum absolute atomic E-state index is 0.936. The highest BCUT2D eigenvalue weighted by Crippen LogP contribution is 2.36. The van der Waals surface area contributed by atoms with E-state index < -0.39 is 0 Å². The van der Waals surface area contributed by atoms with Gasteiger partial charge in [0.2, 0.25) is 0 Å². The van der Waals surface area contributed by atoms with E-state index in [9.17, 15) is 0 Å². The molecule has 0 bridgehead atoms. The molecule has 5 heteroatoms. The molecule has 0 unspecified atom stereocenters. The number of rotatable bonds is 1. The number of hydrogen-bond donors (Lipinski definition) is 1. The Labute approximate surface area is 111 Å². The Morgan fingerprint density at radius 2 is 2.17 bits per heavy atom. The minimum Gasteiger partial charge on any atom is -0.333 e. The Hall–Kier alpha value is -1.59. The second-order valence-electron chi connectivity index (χ2n) is 4.07. The standard InChI is InChI=1S/C13H9N3S2/c1-17-13-15-6-9-11(16-13)10-8-4-2-3-7(8)5-14-12(10)18-9/h2-6H,1H3,(H,15,16). The third-order valence-corrected chi connectivity index (χ3v) is 4.71. The van der Waals surface area contributed by atoms with Crippen LogP contribution in [0.3, 0.4) is 0 Å². The summed E-state index contributed by atoms with van der Waals surface area (Å²) in [5, 5.41) is 4.61. The van der Waals surface area contributed by atoms with Crippen molar-refractivity contribution < 1.29 is 0 Å². The van der Waals surface area contributed by atoms with Gasteiger partial charge in [-0.2, -0.15) is 0 Å². The molecule has 0 aliphatic heterocycles. The van der Waals surface area contributed by atoms with Crippen molar-refractivity contribution in [3.63, 3.8) is 0 Å². The van der Waals surface area contributed by atoms with Crippen LogP contribution in [0.1, 0.15) is 0 Å². The predicted octanol–water partition coefficient (Wildman–Crippen LogP) is 4.05. The van der Waals surface area contributed by atoms with Gasteiger partial charge in [-0.1, -0.05) is 30.0 Å². The van der Waals surface area contributed by atoms with Gasteiger partial charge in [0.05, 0.1) is 10.2 Å². The van der Waals surface area contributed by atoms with Crippen molar-refractivity contribution in [2.75, 3.05) is 6.26 Å². The summed E-state index contributed by atoms with van der Waals surface area (Å²) in [5.41, 5.74) is 1.15. The molecule has 4 aromatic rings. The van der Waals surface area contributed by atoms with Crippen molar-refractivity contribution in [3.05, 3.63) is 30.6 Å². The molecule has 0 saturated heterocycles. The molecule has 0 radical (unpaired) electrons. The van der Waals surface area contributed by atoms with E-state index in [0.29, 0.717) is 0 Å². The summed E-state index contributed by atoms with van der Waals surface area (Å²) in [6.45, 7) is 0. The van der Waals surface area contributed by atoms with E-state index in [0.717, 1.165) is 20.2 Å². The molecule has 1 N–H and O–H groups in total. The molecule has 0 fully saturated rings. The van der Waals surface area contributed by atoms with Crippen molar-refractivity contribution in [1.29, 1.82) is 0 Å². The molecule has 0 saturated carbocycles. The average molecular weight is 271 g/mol. The predicted molar refractivity (Wildman–Crippen MR) is 78.6 cm³/mol. The van der Waals surface area contributed by atoms with Gasteiger partial charge in [0.15, 0.2) is 5.16 Å². The molecule has 0 amide bonds. The highest BCUT2D eigenvalue weighted by Gasteiger charge is 2.11. The quantitative estimate of drug-likeness (QED) is 0.419. The molecule has 18 heavy (non-hydrogen) atoms. The van der Waals surface area contributed by atoms with Crippen molar-refractivity contribution in [2.45, 2.75) is 5.16 Å². The van der Waals surface area contributed by atoms with Crippen LogP contribution in [0.15, 0.2) is 35.7 Å². The number of nitrogens with one attached hydrogen (secondary N) is 1. The zero-order valence-corrected chi connectivity index (χ0v) is 11.2. The van der Waals surface area contributed by atoms with E-state index in [2.05, 4.69) is 33.2 Å². The molecule has 4 rings (SSSR count). The van der Waals surface area contributed by atoms with Gasteiger partial charge in [-0.25, -0.2) is 9.97 Å². The minimum atomic E-state index is 0.936. The number of aromatic nitrogens is 3. The van der Waals surface area contributed by atoms with Crippen molar-refractivity contribution in [3.8, 4) is 0 Å². The van der Waals surface area contributed by atoms with Crippen LogP contribution < -0.4 is 0 Å². The maximum absolute atomic E-state index is 4.54. The third-order valence-electron chi connectivity index (χ3n) is 3.08. The topological polar surface area (TPSA) is 41.6 Å². The lowest BCUT2D eigenvalue weighted by Gasteiger charge is -1.98. The van der Waals surface area contributed by atoms with Gasteiger partial charge in [0, 0.05) is 23.2 Å². The van der Waals surface area contributed by atoms with Crippen LogP contribution >= 0.6 is 23.1 Å². The van der Waals surface area contributed by atoms with Crippen LogP contribution in [-0.4, -0.2) is 21.2 Å². The maximum atomic E-state index is 4.54. The lowest BCUT2D eigenvalue weighted by atomic mass is 10.2. The average Bonchev–Trinajstić information content (AvgIpc) is 3.00. The van der Waals surface area contributed by atoms with Crippen LogP contribution in [0, 0.1) is 0 Å². The van der Waals surface area contributed by atoms with Gasteiger partial charge >= 0.3 is 0 Å². The molecule has 0 aliphatic rings. The normalized spacial score (nSPS) is 11.8. The fraction of sp³-hybridized carbons (Fsp3) is 0.0769. The first-order valence-corrected chi connectivity index (χ1v) is 7.60. The fourth-order valence-electron chi connectivity index (χ4n) is 2.25. The van der Waals surface area contributed by atoms with Gasteiger partial charge in [-0.15, -0.1) is 11.3 Å². The molecule has 0 atom stereocenters. The first-order chi connectivity index (χ1) is 8.86. The SMILES string of the molecule is CSc1ncc2sc3ncc4cccc4c3c2[nH]1. The highest BCUT2D eigenvalue weighted by molar-refractivity contribution is 7.98. The lowest BCUT2D eigenvalue weighted by molar-refractivity contribution is 1.01. The Morgan fingerprint density at radius 3 is 3.06 bits per heavy atom. The lowest BCUT2D eigenvalue weighted by Crippen LogP contribution is -1.84. The Kier molecular flexibility index (Phi) is 2.13. The largest absolute Gasteiger partial charge is 0.333 e. The second-order valence-corrected chi connectivity index (χ2v) is 5.89. The molecular formula is C13H9N3S2. The molecule has 3 aromatic heterocycles. The van der Waals surface area contributed by atoms with E-state index >= 15 is 0 Å². The van der Waals surface area contributed by atoms with Gasteiger partial charge in [0.25, 0.3) is 0 Å². The summed E-state index contributed by atoms with van der Waals surface area (Å²) in [4.78, 5) is 13.4. The molecular weight excluding hydrogens is 262 g/mol. The summed E-state index contributed by atoms with van der Waals surface area (Å²) in [5.74, 6) is 0. The van der Waals surface area contributed by atoms with Crippen LogP contribution in [0.2, 0.25) is 0 Å². The maximum Gasteiger partial charge on any atom is 0.165 e. The fourth-order valence-corrected chi connectivity index (χ4v) is 3.61.